The number of Topliss-reactive ketones (excluding diaryl/α,β-unsaturated/α-hetero) is 1. The predicted octanol–water partition coefficient (Wildman–Crippen LogP) is 5.79. The first-order chi connectivity index (χ1) is 20.1. The number of aromatic amines is 1. The van der Waals surface area contributed by atoms with Gasteiger partial charge in [0.25, 0.3) is 5.91 Å². The molecule has 1 aliphatic carbocycles. The minimum absolute atomic E-state index is 0.0536. The lowest BCUT2D eigenvalue weighted by molar-refractivity contribution is 0.0953. The minimum Gasteiger partial charge on any atom is -0.494 e. The highest BCUT2D eigenvalue weighted by atomic mass is 32.2. The minimum atomic E-state index is -3.33. The molecule has 1 aliphatic rings. The predicted molar refractivity (Wildman–Crippen MR) is 160 cm³/mol. The third-order valence-electron chi connectivity index (χ3n) is 7.26. The number of fused-ring (bicyclic) bond motifs is 1. The van der Waals surface area contributed by atoms with Crippen LogP contribution in [0.15, 0.2) is 66.9 Å². The van der Waals surface area contributed by atoms with Gasteiger partial charge in [-0.25, -0.2) is 17.8 Å². The number of nitrogens with one attached hydrogen (secondary N) is 3. The molecule has 1 atom stereocenters. The van der Waals surface area contributed by atoms with Gasteiger partial charge in [0, 0.05) is 35.1 Å². The number of benzene rings is 2. The van der Waals surface area contributed by atoms with Crippen LogP contribution in [0.3, 0.4) is 0 Å². The molecule has 1 unspecified atom stereocenters. The van der Waals surface area contributed by atoms with Crippen LogP contribution in [0.25, 0.3) is 11.3 Å². The smallest absolute Gasteiger partial charge is 0.256 e. The highest BCUT2D eigenvalue weighted by Gasteiger charge is 2.34. The molecule has 0 radical (unpaired) electrons. The van der Waals surface area contributed by atoms with Gasteiger partial charge < -0.3 is 20.4 Å². The number of ketones is 1. The molecule has 2 heterocycles. The normalized spacial score (nSPS) is 14.9. The van der Waals surface area contributed by atoms with Gasteiger partial charge in [-0.2, -0.15) is 0 Å². The van der Waals surface area contributed by atoms with E-state index in [0.717, 1.165) is 11.8 Å². The number of pyridine rings is 1. The number of H-pyrrole nitrogens is 1. The number of aromatic nitrogens is 2. The van der Waals surface area contributed by atoms with Crippen LogP contribution in [-0.4, -0.2) is 48.2 Å². The molecule has 42 heavy (non-hydrogen) atoms. The number of carbonyl (C=O) groups excluding carboxylic acids is 2. The van der Waals surface area contributed by atoms with E-state index in [-0.39, 0.29) is 41.0 Å². The summed E-state index contributed by atoms with van der Waals surface area (Å²) >= 11 is 0. The van der Waals surface area contributed by atoms with Gasteiger partial charge in [0.05, 0.1) is 35.1 Å². The van der Waals surface area contributed by atoms with Crippen molar-refractivity contribution in [3.8, 4) is 17.0 Å². The monoisotopic (exact) mass is 590 g/mol. The van der Waals surface area contributed by atoms with Crippen molar-refractivity contribution in [3.63, 3.8) is 0 Å². The van der Waals surface area contributed by atoms with E-state index in [4.69, 9.17) is 4.74 Å². The quantitative estimate of drug-likeness (QED) is 0.225. The van der Waals surface area contributed by atoms with Gasteiger partial charge in [-0.1, -0.05) is 18.2 Å². The maximum atomic E-state index is 13.8. The summed E-state index contributed by atoms with van der Waals surface area (Å²) in [6.45, 7) is 3.29. The molecule has 1 amide bonds. The molecule has 2 aromatic heterocycles. The van der Waals surface area contributed by atoms with E-state index in [1.54, 1.807) is 26.0 Å². The van der Waals surface area contributed by atoms with Gasteiger partial charge in [0.1, 0.15) is 5.82 Å². The standard InChI is InChI=1S/C31H31FN4O5S/c1-18(2)42(39,40)17-19-13-24-28(25(37)14-19)30(34-22-7-5-4-6-8-22)29(35-24)20-11-12-33-27(16-20)36-31(38)21-9-10-23(32)26(15-21)41-3/h4-12,15-16,18-19,34-35H,13-14,17H2,1-3H3,(H,33,36,38). The zero-order chi connectivity index (χ0) is 30.0. The Hall–Kier alpha value is -4.51. The summed E-state index contributed by atoms with van der Waals surface area (Å²) in [5.41, 5.74) is 3.92. The molecule has 0 fully saturated rings. The summed E-state index contributed by atoms with van der Waals surface area (Å²) in [4.78, 5) is 34.0. The number of carbonyl (C=O) groups is 2. The van der Waals surface area contributed by atoms with Gasteiger partial charge in [0.15, 0.2) is 27.2 Å². The van der Waals surface area contributed by atoms with Crippen molar-refractivity contribution in [2.24, 2.45) is 5.92 Å². The Balaban J connectivity index is 1.50. The van der Waals surface area contributed by atoms with Gasteiger partial charge in [-0.3, -0.25) is 9.59 Å². The van der Waals surface area contributed by atoms with Crippen molar-refractivity contribution in [3.05, 3.63) is 89.5 Å². The van der Waals surface area contributed by atoms with Crippen LogP contribution in [0, 0.1) is 11.7 Å². The van der Waals surface area contributed by atoms with E-state index in [9.17, 15) is 22.4 Å². The van der Waals surface area contributed by atoms with Crippen molar-refractivity contribution in [1.82, 2.24) is 9.97 Å². The number of anilines is 3. The molecule has 11 heteroatoms. The van der Waals surface area contributed by atoms with Crippen molar-refractivity contribution in [1.29, 1.82) is 0 Å². The Morgan fingerprint density at radius 3 is 2.60 bits per heavy atom. The molecule has 2 aromatic carbocycles. The lowest BCUT2D eigenvalue weighted by Gasteiger charge is -2.23. The summed E-state index contributed by atoms with van der Waals surface area (Å²) in [5, 5.41) is 5.57. The van der Waals surface area contributed by atoms with E-state index in [2.05, 4.69) is 20.6 Å². The Bertz CT molecular complexity index is 1750. The largest absolute Gasteiger partial charge is 0.494 e. The number of ether oxygens (including phenoxy) is 1. The lowest BCUT2D eigenvalue weighted by Crippen LogP contribution is -2.29. The fourth-order valence-electron chi connectivity index (χ4n) is 5.03. The van der Waals surface area contributed by atoms with Crippen molar-refractivity contribution < 1.29 is 27.1 Å². The molecule has 218 valence electrons. The van der Waals surface area contributed by atoms with Crippen LogP contribution >= 0.6 is 0 Å². The van der Waals surface area contributed by atoms with E-state index in [0.29, 0.717) is 34.6 Å². The molecule has 5 rings (SSSR count). The van der Waals surface area contributed by atoms with Gasteiger partial charge in [-0.15, -0.1) is 0 Å². The number of hydrogen-bond donors (Lipinski definition) is 3. The molecule has 0 bridgehead atoms. The fourth-order valence-corrected chi connectivity index (χ4v) is 6.31. The number of para-hydroxylation sites is 1. The average molecular weight is 591 g/mol. The molecule has 4 aromatic rings. The number of halogens is 1. The van der Waals surface area contributed by atoms with E-state index in [1.165, 1.54) is 25.4 Å². The number of amides is 1. The highest BCUT2D eigenvalue weighted by Crippen LogP contribution is 2.40. The van der Waals surface area contributed by atoms with Crippen molar-refractivity contribution >= 4 is 38.7 Å². The number of hydrogen-bond acceptors (Lipinski definition) is 7. The topological polar surface area (TPSA) is 130 Å². The van der Waals surface area contributed by atoms with Crippen LogP contribution < -0.4 is 15.4 Å². The molecular weight excluding hydrogens is 559 g/mol. The number of methoxy groups -OCH3 is 1. The summed E-state index contributed by atoms with van der Waals surface area (Å²) in [5.74, 6) is -1.45. The van der Waals surface area contributed by atoms with Crippen LogP contribution in [0.5, 0.6) is 5.75 Å². The second-order valence-corrected chi connectivity index (χ2v) is 13.1. The summed E-state index contributed by atoms with van der Waals surface area (Å²) < 4.78 is 44.1. The Labute approximate surface area is 243 Å². The van der Waals surface area contributed by atoms with Gasteiger partial charge in [0.2, 0.25) is 0 Å². The summed E-state index contributed by atoms with van der Waals surface area (Å²) in [6, 6.07) is 16.6. The summed E-state index contributed by atoms with van der Waals surface area (Å²) in [7, 11) is -2.02. The fraction of sp³-hybridized carbons (Fsp3) is 0.258. The highest BCUT2D eigenvalue weighted by molar-refractivity contribution is 7.91. The third kappa shape index (κ3) is 6.06. The first-order valence-electron chi connectivity index (χ1n) is 13.5. The van der Waals surface area contributed by atoms with E-state index >= 15 is 0 Å². The molecule has 0 spiro atoms. The summed E-state index contributed by atoms with van der Waals surface area (Å²) in [6.07, 6.45) is 2.05. The van der Waals surface area contributed by atoms with Crippen LogP contribution in [0.4, 0.5) is 21.6 Å². The Morgan fingerprint density at radius 1 is 1.12 bits per heavy atom. The second-order valence-electron chi connectivity index (χ2n) is 10.5. The molecule has 0 aliphatic heterocycles. The van der Waals surface area contributed by atoms with E-state index < -0.39 is 26.8 Å². The number of sulfone groups is 1. The SMILES string of the molecule is COc1cc(C(=O)Nc2cc(-c3[nH]c4c(c3Nc3ccccc3)C(=O)CC(CS(=O)(=O)C(C)C)C4)ccn2)ccc1F. The Kier molecular flexibility index (Phi) is 8.13. The van der Waals surface area contributed by atoms with Crippen LogP contribution in [0.2, 0.25) is 0 Å². The van der Waals surface area contributed by atoms with Gasteiger partial charge in [-0.05, 0) is 68.7 Å². The number of nitrogens with zero attached hydrogens (tertiary/aromatic N) is 1. The lowest BCUT2D eigenvalue weighted by atomic mass is 9.87. The van der Waals surface area contributed by atoms with Crippen molar-refractivity contribution in [2.45, 2.75) is 31.9 Å². The Morgan fingerprint density at radius 2 is 1.88 bits per heavy atom. The molecule has 9 nitrogen and oxygen atoms in total. The first kappa shape index (κ1) is 29.0. The molecule has 3 N–H and O–H groups in total. The van der Waals surface area contributed by atoms with Crippen LogP contribution in [-0.2, 0) is 16.3 Å². The maximum absolute atomic E-state index is 13.8. The van der Waals surface area contributed by atoms with Gasteiger partial charge >= 0.3 is 0 Å². The molecular formula is C31H31FN4O5S. The second kappa shape index (κ2) is 11.8. The van der Waals surface area contributed by atoms with Crippen molar-refractivity contribution in [2.75, 3.05) is 23.5 Å². The zero-order valence-corrected chi connectivity index (χ0v) is 24.2. The van der Waals surface area contributed by atoms with E-state index in [1.807, 2.05) is 30.3 Å². The first-order valence-corrected chi connectivity index (χ1v) is 15.2. The zero-order valence-electron chi connectivity index (χ0n) is 23.4. The molecule has 0 saturated carbocycles. The molecule has 0 saturated heterocycles. The third-order valence-corrected chi connectivity index (χ3v) is 9.63. The number of rotatable bonds is 9. The maximum Gasteiger partial charge on any atom is 0.256 e. The average Bonchev–Trinajstić information content (AvgIpc) is 3.32. The van der Waals surface area contributed by atoms with Crippen LogP contribution in [0.1, 0.15) is 46.7 Å².